The van der Waals surface area contributed by atoms with Gasteiger partial charge in [0.25, 0.3) is 5.91 Å². The molecule has 7 rings (SSSR count). The van der Waals surface area contributed by atoms with Crippen LogP contribution in [0.4, 0.5) is 4.79 Å². The summed E-state index contributed by atoms with van der Waals surface area (Å²) in [5, 5.41) is 2.23. The lowest BCUT2D eigenvalue weighted by atomic mass is 9.98. The van der Waals surface area contributed by atoms with Gasteiger partial charge in [-0.05, 0) is 47.6 Å². The van der Waals surface area contributed by atoms with Crippen LogP contribution in [0.1, 0.15) is 52.5 Å². The Bertz CT molecular complexity index is 1500. The molecule has 4 heterocycles. The van der Waals surface area contributed by atoms with E-state index in [9.17, 15) is 14.4 Å². The molecule has 1 amide bonds. The molecule has 1 aliphatic carbocycles. The van der Waals surface area contributed by atoms with Crippen molar-refractivity contribution in [1.82, 2.24) is 9.58 Å². The highest BCUT2D eigenvalue weighted by Gasteiger charge is 2.47. The monoisotopic (exact) mass is 531 g/mol. The maximum Gasteiger partial charge on any atom is 0.510 e. The van der Waals surface area contributed by atoms with E-state index in [0.717, 1.165) is 25.0 Å². The van der Waals surface area contributed by atoms with Crippen LogP contribution < -0.4 is 15.2 Å². The topological polar surface area (TPSA) is 90.3 Å². The zero-order valence-electron chi connectivity index (χ0n) is 20.7. The molecule has 3 aromatic rings. The van der Waals surface area contributed by atoms with Gasteiger partial charge < -0.3 is 19.1 Å². The average Bonchev–Trinajstić information content (AvgIpc) is 3.29. The van der Waals surface area contributed by atoms with E-state index >= 15 is 0 Å². The largest absolute Gasteiger partial charge is 0.510 e. The molecule has 9 nitrogen and oxygen atoms in total. The van der Waals surface area contributed by atoms with Crippen molar-refractivity contribution in [3.63, 3.8) is 0 Å². The number of carbonyl (C=O) groups excluding carboxylic acids is 2. The maximum atomic E-state index is 13.9. The third-order valence-corrected chi connectivity index (χ3v) is 8.91. The number of nitrogens with zero attached hydrogens (tertiary/aromatic N) is 3. The van der Waals surface area contributed by atoms with Crippen LogP contribution in [0.2, 0.25) is 0 Å². The minimum absolute atomic E-state index is 0.135. The fourth-order valence-corrected chi connectivity index (χ4v) is 7.37. The molecule has 0 N–H and O–H groups in total. The van der Waals surface area contributed by atoms with E-state index in [1.807, 2.05) is 16.7 Å². The highest BCUT2D eigenvalue weighted by Crippen LogP contribution is 2.55. The Hall–Kier alpha value is -3.92. The first-order chi connectivity index (χ1) is 18.6. The number of aromatic nitrogens is 1. The first-order valence-electron chi connectivity index (χ1n) is 12.6. The molecule has 0 spiro atoms. The SMILES string of the molecule is COC(=O)OCOc1c2n(ccc1=O)N(C1c3cccc4c3-c3c(cccc31)SC4)C1CCCCN1C2=O. The summed E-state index contributed by atoms with van der Waals surface area (Å²) >= 11 is 1.85. The second-order valence-corrected chi connectivity index (χ2v) is 10.7. The summed E-state index contributed by atoms with van der Waals surface area (Å²) in [4.78, 5) is 41.4. The number of rotatable bonds is 4. The van der Waals surface area contributed by atoms with Crippen molar-refractivity contribution in [2.24, 2.45) is 0 Å². The number of ether oxygens (including phenoxy) is 3. The molecule has 10 heteroatoms. The third kappa shape index (κ3) is 3.29. The van der Waals surface area contributed by atoms with Crippen LogP contribution in [0.3, 0.4) is 0 Å². The van der Waals surface area contributed by atoms with Crippen LogP contribution >= 0.6 is 11.8 Å². The summed E-state index contributed by atoms with van der Waals surface area (Å²) < 4.78 is 16.8. The summed E-state index contributed by atoms with van der Waals surface area (Å²) in [7, 11) is 1.18. The Kier molecular flexibility index (Phi) is 5.40. The molecule has 2 atom stereocenters. The van der Waals surface area contributed by atoms with Crippen LogP contribution in [0.25, 0.3) is 11.1 Å². The van der Waals surface area contributed by atoms with E-state index in [1.54, 1.807) is 10.9 Å². The van der Waals surface area contributed by atoms with Crippen molar-refractivity contribution in [3.8, 4) is 16.9 Å². The first-order valence-corrected chi connectivity index (χ1v) is 13.6. The predicted octanol–water partition coefficient (Wildman–Crippen LogP) is 4.25. The van der Waals surface area contributed by atoms with Crippen molar-refractivity contribution in [2.45, 2.75) is 42.1 Å². The highest BCUT2D eigenvalue weighted by atomic mass is 32.2. The number of fused-ring (bicyclic) bond motifs is 2. The van der Waals surface area contributed by atoms with Gasteiger partial charge in [0.1, 0.15) is 6.17 Å². The molecule has 3 aliphatic heterocycles. The second kappa shape index (κ2) is 8.83. The molecule has 1 aromatic heterocycles. The summed E-state index contributed by atoms with van der Waals surface area (Å²) in [6.07, 6.45) is 3.24. The van der Waals surface area contributed by atoms with E-state index in [4.69, 9.17) is 9.47 Å². The molecular weight excluding hydrogens is 506 g/mol. The minimum Gasteiger partial charge on any atom is -0.451 e. The lowest BCUT2D eigenvalue weighted by Crippen LogP contribution is -2.63. The van der Waals surface area contributed by atoms with Gasteiger partial charge in [0.15, 0.2) is 5.69 Å². The lowest BCUT2D eigenvalue weighted by molar-refractivity contribution is 0.0126. The molecular formula is C28H25N3O6S. The Morgan fingerprint density at radius 3 is 2.71 bits per heavy atom. The average molecular weight is 532 g/mol. The van der Waals surface area contributed by atoms with Crippen molar-refractivity contribution in [3.05, 3.63) is 81.3 Å². The molecule has 4 aliphatic rings. The molecule has 0 bridgehead atoms. The normalized spacial score (nSPS) is 20.4. The Morgan fingerprint density at radius 1 is 1.05 bits per heavy atom. The molecule has 0 radical (unpaired) electrons. The van der Waals surface area contributed by atoms with Crippen molar-refractivity contribution < 1.29 is 23.8 Å². The lowest BCUT2D eigenvalue weighted by Gasteiger charge is -2.51. The quantitative estimate of drug-likeness (QED) is 0.365. The first kappa shape index (κ1) is 23.2. The van der Waals surface area contributed by atoms with E-state index in [1.165, 1.54) is 45.9 Å². The number of thioether (sulfide) groups is 1. The number of benzene rings is 2. The molecule has 2 aromatic carbocycles. The van der Waals surface area contributed by atoms with E-state index in [-0.39, 0.29) is 29.6 Å². The number of hydrogen-bond acceptors (Lipinski definition) is 8. The fourth-order valence-electron chi connectivity index (χ4n) is 6.28. The van der Waals surface area contributed by atoms with E-state index in [0.29, 0.717) is 6.54 Å². The maximum absolute atomic E-state index is 13.9. The summed E-state index contributed by atoms with van der Waals surface area (Å²) in [5.74, 6) is 0.510. The van der Waals surface area contributed by atoms with Crippen LogP contribution in [0.5, 0.6) is 5.75 Å². The molecule has 0 saturated carbocycles. The smallest absolute Gasteiger partial charge is 0.451 e. The Labute approximate surface area is 222 Å². The minimum atomic E-state index is -0.937. The van der Waals surface area contributed by atoms with Crippen LogP contribution in [0, 0.1) is 0 Å². The second-order valence-electron chi connectivity index (χ2n) is 9.71. The van der Waals surface area contributed by atoms with Crippen LogP contribution in [-0.4, -0.2) is 48.3 Å². The summed E-state index contributed by atoms with van der Waals surface area (Å²) in [5.41, 5.74) is 5.93. The Morgan fingerprint density at radius 2 is 1.87 bits per heavy atom. The van der Waals surface area contributed by atoms with Crippen molar-refractivity contribution in [2.75, 3.05) is 25.5 Å². The van der Waals surface area contributed by atoms with Gasteiger partial charge in [-0.25, -0.2) is 4.79 Å². The number of hydrogen-bond donors (Lipinski definition) is 0. The molecule has 194 valence electrons. The molecule has 2 unspecified atom stereocenters. The molecule has 1 fully saturated rings. The van der Waals surface area contributed by atoms with Gasteiger partial charge >= 0.3 is 6.16 Å². The van der Waals surface area contributed by atoms with Gasteiger partial charge in [-0.3, -0.25) is 19.3 Å². The summed E-state index contributed by atoms with van der Waals surface area (Å²) in [6, 6.07) is 14.2. The molecule has 1 saturated heterocycles. The van der Waals surface area contributed by atoms with Gasteiger partial charge in [-0.15, -0.1) is 11.8 Å². The molecule has 38 heavy (non-hydrogen) atoms. The standard InChI is InChI=1S/C28H25N3O6S/c1-35-28(34)37-15-36-26-19(32)11-13-30-25(26)27(33)29-12-3-2-10-21(29)31(30)24-17-7-4-6-16-14-38-20-9-5-8-18(24)23(20)22(16)17/h4-9,11,13,21,24H,2-3,10,12,14-15H2,1H3. The van der Waals surface area contributed by atoms with Gasteiger partial charge in [-0.1, -0.05) is 30.3 Å². The van der Waals surface area contributed by atoms with Crippen LogP contribution in [0.15, 0.2) is 58.4 Å². The zero-order valence-corrected chi connectivity index (χ0v) is 21.5. The predicted molar refractivity (Wildman–Crippen MR) is 140 cm³/mol. The van der Waals surface area contributed by atoms with Crippen LogP contribution in [-0.2, 0) is 15.2 Å². The van der Waals surface area contributed by atoms with E-state index < -0.39 is 18.4 Å². The zero-order chi connectivity index (χ0) is 26.0. The number of carbonyl (C=O) groups is 2. The fraction of sp³-hybridized carbons (Fsp3) is 0.321. The number of methoxy groups -OCH3 is 1. The third-order valence-electron chi connectivity index (χ3n) is 7.80. The number of amides is 1. The highest BCUT2D eigenvalue weighted by molar-refractivity contribution is 7.98. The number of pyridine rings is 1. The van der Waals surface area contributed by atoms with Crippen molar-refractivity contribution in [1.29, 1.82) is 0 Å². The van der Waals surface area contributed by atoms with E-state index in [2.05, 4.69) is 46.1 Å². The Balaban J connectivity index is 1.42. The van der Waals surface area contributed by atoms with Gasteiger partial charge in [0.2, 0.25) is 18.0 Å². The summed E-state index contributed by atoms with van der Waals surface area (Å²) in [6.45, 7) is 0.0399. The van der Waals surface area contributed by atoms with Gasteiger partial charge in [0, 0.05) is 35.0 Å². The number of piperidine rings is 1. The van der Waals surface area contributed by atoms with Gasteiger partial charge in [0.05, 0.1) is 13.2 Å². The van der Waals surface area contributed by atoms with Crippen molar-refractivity contribution >= 4 is 23.8 Å². The van der Waals surface area contributed by atoms with Gasteiger partial charge in [-0.2, -0.15) is 0 Å².